The van der Waals surface area contributed by atoms with Gasteiger partial charge in [-0.15, -0.1) is 0 Å². The highest BCUT2D eigenvalue weighted by Gasteiger charge is 2.34. The first-order valence-corrected chi connectivity index (χ1v) is 6.93. The van der Waals surface area contributed by atoms with Crippen molar-refractivity contribution in [2.24, 2.45) is 0 Å². The summed E-state index contributed by atoms with van der Waals surface area (Å²) >= 11 is 0. The smallest absolute Gasteiger partial charge is 0.377 e. The molecule has 1 unspecified atom stereocenters. The van der Waals surface area contributed by atoms with Crippen LogP contribution in [0.3, 0.4) is 0 Å². The Morgan fingerprint density at radius 2 is 2.19 bits per heavy atom. The summed E-state index contributed by atoms with van der Waals surface area (Å²) in [6, 6.07) is 5.47. The summed E-state index contributed by atoms with van der Waals surface area (Å²) in [5.74, 6) is 0. The average molecular weight is 298 g/mol. The Labute approximate surface area is 121 Å². The highest BCUT2D eigenvalue weighted by Crippen LogP contribution is 2.35. The third-order valence-electron chi connectivity index (χ3n) is 3.57. The van der Waals surface area contributed by atoms with Crippen LogP contribution in [0.15, 0.2) is 18.2 Å². The lowest BCUT2D eigenvalue weighted by atomic mass is 10.0. The van der Waals surface area contributed by atoms with Crippen LogP contribution in [0.2, 0.25) is 0 Å². The number of rotatable bonds is 3. The summed E-state index contributed by atoms with van der Waals surface area (Å²) in [6.45, 7) is 3.78. The first kappa shape index (κ1) is 15.6. The number of nitrogens with zero attached hydrogens (tertiary/aromatic N) is 2. The quantitative estimate of drug-likeness (QED) is 0.855. The molecule has 0 amide bonds. The van der Waals surface area contributed by atoms with Gasteiger partial charge in [0.15, 0.2) is 0 Å². The monoisotopic (exact) mass is 298 g/mol. The number of ether oxygens (including phenoxy) is 1. The maximum atomic E-state index is 13.0. The lowest BCUT2D eigenvalue weighted by Gasteiger charge is -2.34. The Morgan fingerprint density at radius 1 is 1.43 bits per heavy atom. The zero-order chi connectivity index (χ0) is 15.5. The van der Waals surface area contributed by atoms with Gasteiger partial charge >= 0.3 is 6.18 Å². The van der Waals surface area contributed by atoms with Crippen LogP contribution in [0.4, 0.5) is 18.9 Å². The zero-order valence-corrected chi connectivity index (χ0v) is 11.8. The number of hydrogen-bond acceptors (Lipinski definition) is 3. The summed E-state index contributed by atoms with van der Waals surface area (Å²) in [5, 5.41) is 8.81. The summed E-state index contributed by atoms with van der Waals surface area (Å²) in [6.07, 6.45) is -2.66. The summed E-state index contributed by atoms with van der Waals surface area (Å²) in [5.41, 5.74) is -0.726. The fraction of sp³-hybridized carbons (Fsp3) is 0.533. The molecule has 1 fully saturated rings. The topological polar surface area (TPSA) is 36.3 Å². The largest absolute Gasteiger partial charge is 0.417 e. The fourth-order valence-corrected chi connectivity index (χ4v) is 2.61. The van der Waals surface area contributed by atoms with Gasteiger partial charge in [0.05, 0.1) is 23.3 Å². The second kappa shape index (κ2) is 6.35. The molecule has 3 nitrogen and oxygen atoms in total. The first-order chi connectivity index (χ1) is 9.95. The Morgan fingerprint density at radius 3 is 2.81 bits per heavy atom. The van der Waals surface area contributed by atoms with Gasteiger partial charge in [0, 0.05) is 25.4 Å². The molecule has 0 radical (unpaired) electrons. The molecule has 0 aliphatic carbocycles. The molecule has 0 bridgehead atoms. The van der Waals surface area contributed by atoms with E-state index in [1.807, 2.05) is 11.8 Å². The number of anilines is 1. The van der Waals surface area contributed by atoms with Crippen LogP contribution in [-0.2, 0) is 10.9 Å². The second-order valence-electron chi connectivity index (χ2n) is 5.01. The van der Waals surface area contributed by atoms with Crippen molar-refractivity contribution < 1.29 is 17.9 Å². The van der Waals surface area contributed by atoms with Gasteiger partial charge in [-0.2, -0.15) is 18.4 Å². The standard InChI is InChI=1S/C15H17F3N2O/c1-2-21-13-4-3-7-20(10-13)12-6-5-11(9-19)14(8-12)15(16,17)18/h5-6,8,13H,2-4,7,10H2,1H3. The van der Waals surface area contributed by atoms with Crippen molar-refractivity contribution in [1.82, 2.24) is 0 Å². The van der Waals surface area contributed by atoms with E-state index in [0.29, 0.717) is 25.4 Å². The predicted octanol–water partition coefficient (Wildman–Crippen LogP) is 3.58. The normalized spacial score (nSPS) is 19.4. The van der Waals surface area contributed by atoms with Gasteiger partial charge in [-0.05, 0) is 38.0 Å². The van der Waals surface area contributed by atoms with Crippen molar-refractivity contribution in [3.05, 3.63) is 29.3 Å². The molecular weight excluding hydrogens is 281 g/mol. The summed E-state index contributed by atoms with van der Waals surface area (Å²) in [4.78, 5) is 1.89. The first-order valence-electron chi connectivity index (χ1n) is 6.93. The van der Waals surface area contributed by atoms with E-state index in [4.69, 9.17) is 10.00 Å². The van der Waals surface area contributed by atoms with Crippen molar-refractivity contribution in [1.29, 1.82) is 5.26 Å². The molecule has 0 aromatic heterocycles. The van der Waals surface area contributed by atoms with E-state index in [1.165, 1.54) is 6.07 Å². The van der Waals surface area contributed by atoms with Crippen molar-refractivity contribution >= 4 is 5.69 Å². The summed E-state index contributed by atoms with van der Waals surface area (Å²) < 4.78 is 44.5. The van der Waals surface area contributed by atoms with E-state index in [9.17, 15) is 13.2 Å². The number of hydrogen-bond donors (Lipinski definition) is 0. The van der Waals surface area contributed by atoms with Crippen LogP contribution in [0.1, 0.15) is 30.9 Å². The minimum Gasteiger partial charge on any atom is -0.377 e. The van der Waals surface area contributed by atoms with Crippen LogP contribution in [-0.4, -0.2) is 25.8 Å². The fourth-order valence-electron chi connectivity index (χ4n) is 2.61. The van der Waals surface area contributed by atoms with Crippen molar-refractivity contribution in [3.63, 3.8) is 0 Å². The number of piperidine rings is 1. The second-order valence-corrected chi connectivity index (χ2v) is 5.01. The number of alkyl halides is 3. The zero-order valence-electron chi connectivity index (χ0n) is 11.8. The van der Waals surface area contributed by atoms with E-state index in [-0.39, 0.29) is 11.7 Å². The maximum Gasteiger partial charge on any atom is 0.417 e. The highest BCUT2D eigenvalue weighted by atomic mass is 19.4. The number of benzene rings is 1. The van der Waals surface area contributed by atoms with E-state index in [0.717, 1.165) is 18.9 Å². The molecule has 0 spiro atoms. The van der Waals surface area contributed by atoms with Crippen molar-refractivity contribution in [2.75, 3.05) is 24.6 Å². The molecule has 6 heteroatoms. The molecule has 1 saturated heterocycles. The lowest BCUT2D eigenvalue weighted by Crippen LogP contribution is -2.39. The van der Waals surface area contributed by atoms with Crippen LogP contribution < -0.4 is 4.90 Å². The van der Waals surface area contributed by atoms with Gasteiger partial charge < -0.3 is 9.64 Å². The predicted molar refractivity (Wildman–Crippen MR) is 73.0 cm³/mol. The van der Waals surface area contributed by atoms with Gasteiger partial charge in [-0.3, -0.25) is 0 Å². The molecular formula is C15H17F3N2O. The lowest BCUT2D eigenvalue weighted by molar-refractivity contribution is -0.137. The molecule has 2 rings (SSSR count). The molecule has 1 atom stereocenters. The van der Waals surface area contributed by atoms with Crippen LogP contribution >= 0.6 is 0 Å². The van der Waals surface area contributed by atoms with E-state index >= 15 is 0 Å². The van der Waals surface area contributed by atoms with E-state index in [2.05, 4.69) is 0 Å². The SMILES string of the molecule is CCOC1CCCN(c2ccc(C#N)c(C(F)(F)F)c2)C1. The van der Waals surface area contributed by atoms with Gasteiger partial charge in [-0.1, -0.05) is 0 Å². The van der Waals surface area contributed by atoms with Gasteiger partial charge in [-0.25, -0.2) is 0 Å². The molecule has 0 N–H and O–H groups in total. The summed E-state index contributed by atoms with van der Waals surface area (Å²) in [7, 11) is 0. The molecule has 1 aliphatic heterocycles. The third-order valence-corrected chi connectivity index (χ3v) is 3.57. The molecule has 21 heavy (non-hydrogen) atoms. The minimum atomic E-state index is -4.52. The van der Waals surface area contributed by atoms with Crippen LogP contribution in [0.5, 0.6) is 0 Å². The molecule has 1 aliphatic rings. The van der Waals surface area contributed by atoms with Crippen molar-refractivity contribution in [2.45, 2.75) is 32.0 Å². The number of nitriles is 1. The van der Waals surface area contributed by atoms with Gasteiger partial charge in [0.2, 0.25) is 0 Å². The number of halogens is 3. The Bertz CT molecular complexity index is 535. The minimum absolute atomic E-state index is 0.0498. The Hall–Kier alpha value is -1.74. The maximum absolute atomic E-state index is 13.0. The Kier molecular flexibility index (Phi) is 4.73. The molecule has 0 saturated carbocycles. The van der Waals surface area contributed by atoms with E-state index < -0.39 is 11.7 Å². The Balaban J connectivity index is 2.26. The van der Waals surface area contributed by atoms with Crippen LogP contribution in [0.25, 0.3) is 0 Å². The molecule has 114 valence electrons. The van der Waals surface area contributed by atoms with Gasteiger partial charge in [0.25, 0.3) is 0 Å². The van der Waals surface area contributed by atoms with E-state index in [1.54, 1.807) is 12.1 Å². The highest BCUT2D eigenvalue weighted by molar-refractivity contribution is 5.55. The van der Waals surface area contributed by atoms with Gasteiger partial charge in [0.1, 0.15) is 0 Å². The van der Waals surface area contributed by atoms with Crippen molar-refractivity contribution in [3.8, 4) is 6.07 Å². The molecule has 1 aromatic rings. The average Bonchev–Trinajstić information content (AvgIpc) is 2.46. The molecule has 1 heterocycles. The molecule has 1 aromatic carbocycles. The third kappa shape index (κ3) is 3.67. The van der Waals surface area contributed by atoms with Crippen LogP contribution in [0, 0.1) is 11.3 Å².